The molecule has 2 aliphatic rings. The largest absolute Gasteiger partial charge is 0.492 e. The number of rotatable bonds is 3. The summed E-state index contributed by atoms with van der Waals surface area (Å²) in [6.45, 7) is 3.59. The lowest BCUT2D eigenvalue weighted by Gasteiger charge is -2.13. The number of hydrogen-bond acceptors (Lipinski definition) is 4. The number of ketones is 2. The highest BCUT2D eigenvalue weighted by Crippen LogP contribution is 2.22. The van der Waals surface area contributed by atoms with Crippen LogP contribution in [0.15, 0.2) is 70.3 Å². The summed E-state index contributed by atoms with van der Waals surface area (Å²) in [6.07, 6.45) is 10.7. The number of Topliss-reactive ketones (excluding diaryl/α,β-unsaturated/α-hetero) is 2. The zero-order chi connectivity index (χ0) is 16.3. The number of carbonyl (C=O) groups is 2. The molecule has 4 nitrogen and oxygen atoms in total. The number of carbonyl (C=O) groups excluding carboxylic acids is 2. The van der Waals surface area contributed by atoms with Crippen molar-refractivity contribution >= 4 is 11.6 Å². The number of allylic oxidation sites excluding steroid dienone is 10. The van der Waals surface area contributed by atoms with Crippen LogP contribution in [-0.4, -0.2) is 25.8 Å². The molecule has 4 heteroatoms. The Kier molecular flexibility index (Phi) is 4.61. The second kappa shape index (κ2) is 6.43. The minimum absolute atomic E-state index is 0.0659. The molecule has 2 rings (SSSR count). The predicted octanol–water partition coefficient (Wildman–Crippen LogP) is 2.96. The van der Waals surface area contributed by atoms with Gasteiger partial charge in [-0.3, -0.25) is 9.59 Å². The minimum atomic E-state index is -0.274. The Morgan fingerprint density at radius 2 is 1.14 bits per heavy atom. The number of methoxy groups -OCH3 is 2. The van der Waals surface area contributed by atoms with Gasteiger partial charge in [-0.1, -0.05) is 12.2 Å². The smallest absolute Gasteiger partial charge is 0.261 e. The Labute approximate surface area is 129 Å². The Hall–Kier alpha value is -2.62. The van der Waals surface area contributed by atoms with Crippen LogP contribution >= 0.6 is 0 Å². The molecule has 0 heterocycles. The highest BCUT2D eigenvalue weighted by Gasteiger charge is 2.21. The molecule has 0 fully saturated rings. The zero-order valence-electron chi connectivity index (χ0n) is 13.1. The summed E-state index contributed by atoms with van der Waals surface area (Å²) in [5.41, 5.74) is 3.14. The van der Waals surface area contributed by atoms with E-state index in [0.717, 1.165) is 11.1 Å². The van der Waals surface area contributed by atoms with E-state index in [4.69, 9.17) is 9.47 Å². The molecular formula is C18H18O4. The van der Waals surface area contributed by atoms with Crippen molar-refractivity contribution in [1.82, 2.24) is 0 Å². The van der Waals surface area contributed by atoms with E-state index in [2.05, 4.69) is 0 Å². The SMILES string of the molecule is COC1=CC(=CC=C2C=C(C)C(=O)C(C)=C2)C=C(OC)C1=O. The monoisotopic (exact) mass is 298 g/mol. The van der Waals surface area contributed by atoms with Gasteiger partial charge >= 0.3 is 0 Å². The van der Waals surface area contributed by atoms with Crippen LogP contribution in [0.2, 0.25) is 0 Å². The fourth-order valence-corrected chi connectivity index (χ4v) is 2.27. The first-order valence-electron chi connectivity index (χ1n) is 6.85. The van der Waals surface area contributed by atoms with Crippen LogP contribution in [-0.2, 0) is 19.1 Å². The van der Waals surface area contributed by atoms with Crippen molar-refractivity contribution in [3.63, 3.8) is 0 Å². The van der Waals surface area contributed by atoms with E-state index in [0.29, 0.717) is 11.1 Å². The van der Waals surface area contributed by atoms with Gasteiger partial charge < -0.3 is 9.47 Å². The maximum absolute atomic E-state index is 11.9. The van der Waals surface area contributed by atoms with Crippen LogP contribution in [0.5, 0.6) is 0 Å². The van der Waals surface area contributed by atoms with Crippen molar-refractivity contribution in [3.8, 4) is 0 Å². The van der Waals surface area contributed by atoms with Gasteiger partial charge in [-0.05, 0) is 60.4 Å². The Balaban J connectivity index is 2.35. The second-order valence-electron chi connectivity index (χ2n) is 5.07. The summed E-state index contributed by atoms with van der Waals surface area (Å²) in [5.74, 6) is 0.267. The Bertz CT molecular complexity index is 659. The topological polar surface area (TPSA) is 52.6 Å². The van der Waals surface area contributed by atoms with Crippen LogP contribution in [0, 0.1) is 0 Å². The van der Waals surface area contributed by atoms with Gasteiger partial charge in [0.25, 0.3) is 5.78 Å². The summed E-state index contributed by atoms with van der Waals surface area (Å²) in [5, 5.41) is 0. The van der Waals surface area contributed by atoms with E-state index in [-0.39, 0.29) is 23.1 Å². The lowest BCUT2D eigenvalue weighted by molar-refractivity contribution is -0.118. The number of hydrogen-bond donors (Lipinski definition) is 0. The third-order valence-corrected chi connectivity index (χ3v) is 3.43. The lowest BCUT2D eigenvalue weighted by atomic mass is 9.95. The average Bonchev–Trinajstić information content (AvgIpc) is 2.51. The van der Waals surface area contributed by atoms with Gasteiger partial charge in [-0.2, -0.15) is 0 Å². The molecule has 114 valence electrons. The van der Waals surface area contributed by atoms with Crippen molar-refractivity contribution in [2.75, 3.05) is 14.2 Å². The molecular weight excluding hydrogens is 280 g/mol. The Morgan fingerprint density at radius 3 is 1.55 bits per heavy atom. The second-order valence-corrected chi connectivity index (χ2v) is 5.07. The fourth-order valence-electron chi connectivity index (χ4n) is 2.27. The molecule has 0 N–H and O–H groups in total. The van der Waals surface area contributed by atoms with E-state index in [1.165, 1.54) is 14.2 Å². The molecule has 0 aromatic rings. The summed E-state index contributed by atoms with van der Waals surface area (Å²) >= 11 is 0. The third-order valence-electron chi connectivity index (χ3n) is 3.43. The molecule has 0 radical (unpaired) electrons. The molecule has 0 saturated heterocycles. The first-order chi connectivity index (χ1) is 10.5. The van der Waals surface area contributed by atoms with E-state index in [9.17, 15) is 9.59 Å². The first-order valence-corrected chi connectivity index (χ1v) is 6.85. The van der Waals surface area contributed by atoms with Crippen LogP contribution in [0.3, 0.4) is 0 Å². The highest BCUT2D eigenvalue weighted by atomic mass is 16.5. The molecule has 0 amide bonds. The van der Waals surface area contributed by atoms with Gasteiger partial charge in [-0.15, -0.1) is 0 Å². The van der Waals surface area contributed by atoms with Gasteiger partial charge in [0.2, 0.25) is 0 Å². The van der Waals surface area contributed by atoms with E-state index in [1.807, 2.05) is 24.3 Å². The first kappa shape index (κ1) is 15.8. The van der Waals surface area contributed by atoms with Crippen molar-refractivity contribution in [3.05, 3.63) is 70.3 Å². The van der Waals surface area contributed by atoms with Crippen molar-refractivity contribution in [2.24, 2.45) is 0 Å². The number of ether oxygens (including phenoxy) is 2. The van der Waals surface area contributed by atoms with Gasteiger partial charge in [0.15, 0.2) is 17.3 Å². The molecule has 2 aliphatic carbocycles. The summed E-state index contributed by atoms with van der Waals surface area (Å²) in [4.78, 5) is 23.6. The molecule has 22 heavy (non-hydrogen) atoms. The summed E-state index contributed by atoms with van der Waals surface area (Å²) < 4.78 is 10.1. The van der Waals surface area contributed by atoms with Crippen LogP contribution in [0.1, 0.15) is 13.8 Å². The molecule has 0 aromatic heterocycles. The molecule has 0 aromatic carbocycles. The van der Waals surface area contributed by atoms with E-state index < -0.39 is 0 Å². The van der Waals surface area contributed by atoms with E-state index >= 15 is 0 Å². The van der Waals surface area contributed by atoms with Gasteiger partial charge in [0, 0.05) is 0 Å². The maximum atomic E-state index is 11.9. The van der Waals surface area contributed by atoms with Crippen molar-refractivity contribution in [1.29, 1.82) is 0 Å². The van der Waals surface area contributed by atoms with Crippen LogP contribution in [0.25, 0.3) is 0 Å². The molecule has 0 aliphatic heterocycles. The quantitative estimate of drug-likeness (QED) is 0.804. The Morgan fingerprint density at radius 1 is 0.727 bits per heavy atom. The van der Waals surface area contributed by atoms with Gasteiger partial charge in [0.1, 0.15) is 0 Å². The molecule has 0 atom stereocenters. The molecule has 0 unspecified atom stereocenters. The summed E-state index contributed by atoms with van der Waals surface area (Å²) in [7, 11) is 2.90. The minimum Gasteiger partial charge on any atom is -0.492 e. The van der Waals surface area contributed by atoms with Crippen molar-refractivity contribution < 1.29 is 19.1 Å². The van der Waals surface area contributed by atoms with Gasteiger partial charge in [-0.25, -0.2) is 0 Å². The lowest BCUT2D eigenvalue weighted by Crippen LogP contribution is -2.13. The van der Waals surface area contributed by atoms with Gasteiger partial charge in [0.05, 0.1) is 14.2 Å². The standard InChI is InChI=1S/C18H18O4/c1-11-7-13(8-12(2)17(11)19)5-6-14-9-15(21-3)18(20)16(10-14)22-4/h5-10H,1-4H3. The molecule has 0 bridgehead atoms. The fraction of sp³-hybridized carbons (Fsp3) is 0.222. The maximum Gasteiger partial charge on any atom is 0.261 e. The molecule has 0 spiro atoms. The van der Waals surface area contributed by atoms with E-state index in [1.54, 1.807) is 26.0 Å². The zero-order valence-corrected chi connectivity index (χ0v) is 13.1. The summed E-state index contributed by atoms with van der Waals surface area (Å²) in [6, 6.07) is 0. The van der Waals surface area contributed by atoms with Crippen LogP contribution < -0.4 is 0 Å². The predicted molar refractivity (Wildman–Crippen MR) is 83.9 cm³/mol. The average molecular weight is 298 g/mol. The van der Waals surface area contributed by atoms with Crippen molar-refractivity contribution in [2.45, 2.75) is 13.8 Å². The third kappa shape index (κ3) is 3.17. The molecule has 0 saturated carbocycles. The van der Waals surface area contributed by atoms with Crippen LogP contribution in [0.4, 0.5) is 0 Å². The highest BCUT2D eigenvalue weighted by molar-refractivity contribution is 6.09. The normalized spacial score (nSPS) is 18.2.